The summed E-state index contributed by atoms with van der Waals surface area (Å²) in [6.07, 6.45) is 5.27. The standard InChI is InChI=1S/C58H67N9O6/c59-37-13-10-22-49(65-53(68)43-16-4-1-5-17-43)56(71)62-46-31-25-40(26-32-46)52(41-27-33-47(34-28-41)63-57(72)50(23-11-14-38-60)66-54(69)44-18-6-2-7-19-44)42-29-35-48(36-30-42)64-58(73)51(24-12-15-39-61)67-55(70)45-20-8-3-9-21-45/h1-9,16-21,25-36,49-52H,10-15,22-24,37-39,59-61H2,(H,62,71)(H,63,72)(H,64,73)(H,65,68)(H,66,69)(H,67,70)/t49-,50-,51-/m0/s1. The van der Waals surface area contributed by atoms with Crippen molar-refractivity contribution in [3.63, 3.8) is 0 Å². The summed E-state index contributed by atoms with van der Waals surface area (Å²) in [6, 6.07) is 46.2. The third-order valence-corrected chi connectivity index (χ3v) is 12.3. The molecule has 380 valence electrons. The molecule has 0 bridgehead atoms. The van der Waals surface area contributed by atoms with Crippen LogP contribution >= 0.6 is 0 Å². The number of hydrogen-bond acceptors (Lipinski definition) is 9. The van der Waals surface area contributed by atoms with Crippen LogP contribution in [0.25, 0.3) is 0 Å². The Hall–Kier alpha value is -7.98. The Balaban J connectivity index is 1.24. The van der Waals surface area contributed by atoms with E-state index in [1.165, 1.54) is 0 Å². The van der Waals surface area contributed by atoms with Crippen molar-refractivity contribution >= 4 is 52.5 Å². The SMILES string of the molecule is NCCCC[C@H](NC(=O)c1ccccc1)C(=O)Nc1ccc(C(c2ccc(NC(=O)[C@H](CCCCN)NC(=O)c3ccccc3)cc2)c2ccc(NC(=O)[C@H](CCCCN)NC(=O)c3ccccc3)cc2)cc1. The third kappa shape index (κ3) is 16.8. The molecule has 0 fully saturated rings. The molecule has 0 spiro atoms. The number of unbranched alkanes of at least 4 members (excludes halogenated alkanes) is 3. The lowest BCUT2D eigenvalue weighted by Gasteiger charge is -2.22. The molecule has 0 unspecified atom stereocenters. The highest BCUT2D eigenvalue weighted by atomic mass is 16.2. The first-order chi connectivity index (χ1) is 35.6. The van der Waals surface area contributed by atoms with E-state index in [9.17, 15) is 28.8 Å². The van der Waals surface area contributed by atoms with E-state index in [4.69, 9.17) is 17.2 Å². The Labute approximate surface area is 427 Å². The van der Waals surface area contributed by atoms with Gasteiger partial charge in [0.15, 0.2) is 0 Å². The number of nitrogens with two attached hydrogens (primary N) is 3. The first-order valence-corrected chi connectivity index (χ1v) is 25.0. The van der Waals surface area contributed by atoms with E-state index in [1.54, 1.807) is 72.8 Å². The van der Waals surface area contributed by atoms with Gasteiger partial charge in [-0.25, -0.2) is 0 Å². The maximum atomic E-state index is 13.7. The van der Waals surface area contributed by atoms with Crippen molar-refractivity contribution in [2.75, 3.05) is 35.6 Å². The zero-order chi connectivity index (χ0) is 51.8. The number of carbonyl (C=O) groups is 6. The molecule has 0 aromatic heterocycles. The van der Waals surface area contributed by atoms with Crippen LogP contribution in [0.5, 0.6) is 0 Å². The highest BCUT2D eigenvalue weighted by Crippen LogP contribution is 2.34. The van der Waals surface area contributed by atoms with Crippen LogP contribution in [0.4, 0.5) is 17.1 Å². The molecule has 73 heavy (non-hydrogen) atoms. The van der Waals surface area contributed by atoms with Gasteiger partial charge < -0.3 is 49.1 Å². The fourth-order valence-electron chi connectivity index (χ4n) is 8.32. The van der Waals surface area contributed by atoms with Crippen molar-refractivity contribution < 1.29 is 28.8 Å². The van der Waals surface area contributed by atoms with Crippen molar-refractivity contribution in [3.8, 4) is 0 Å². The summed E-state index contributed by atoms with van der Waals surface area (Å²) in [5, 5.41) is 17.6. The number of benzene rings is 6. The number of carbonyl (C=O) groups excluding carboxylic acids is 6. The molecule has 6 aromatic rings. The summed E-state index contributed by atoms with van der Waals surface area (Å²) in [6.45, 7) is 1.40. The molecule has 15 nitrogen and oxygen atoms in total. The monoisotopic (exact) mass is 986 g/mol. The van der Waals surface area contributed by atoms with Gasteiger partial charge in [0.05, 0.1) is 0 Å². The van der Waals surface area contributed by atoms with E-state index in [0.717, 1.165) is 16.7 Å². The van der Waals surface area contributed by atoms with Crippen LogP contribution in [0, 0.1) is 0 Å². The first-order valence-electron chi connectivity index (χ1n) is 25.0. The van der Waals surface area contributed by atoms with Gasteiger partial charge in [-0.1, -0.05) is 91.0 Å². The van der Waals surface area contributed by atoms with Gasteiger partial charge in [-0.2, -0.15) is 0 Å². The second-order valence-electron chi connectivity index (χ2n) is 17.8. The third-order valence-electron chi connectivity index (χ3n) is 12.3. The smallest absolute Gasteiger partial charge is 0.251 e. The molecule has 0 saturated carbocycles. The van der Waals surface area contributed by atoms with Crippen molar-refractivity contribution in [1.82, 2.24) is 16.0 Å². The number of rotatable bonds is 27. The van der Waals surface area contributed by atoms with Crippen LogP contribution in [0.3, 0.4) is 0 Å². The van der Waals surface area contributed by atoms with Gasteiger partial charge in [0.2, 0.25) is 17.7 Å². The Kier molecular flexibility index (Phi) is 21.4. The zero-order valence-corrected chi connectivity index (χ0v) is 41.1. The van der Waals surface area contributed by atoms with Crippen molar-refractivity contribution in [1.29, 1.82) is 0 Å². The van der Waals surface area contributed by atoms with Gasteiger partial charge >= 0.3 is 0 Å². The molecule has 6 amide bonds. The van der Waals surface area contributed by atoms with E-state index in [0.29, 0.717) is 111 Å². The second-order valence-corrected chi connectivity index (χ2v) is 17.8. The van der Waals surface area contributed by atoms with Gasteiger partial charge in [-0.3, -0.25) is 28.8 Å². The summed E-state index contributed by atoms with van der Waals surface area (Å²) in [7, 11) is 0. The Morgan fingerprint density at radius 3 is 0.808 bits per heavy atom. The summed E-state index contributed by atoms with van der Waals surface area (Å²) in [5.74, 6) is -2.49. The van der Waals surface area contributed by atoms with E-state index in [2.05, 4.69) is 31.9 Å². The van der Waals surface area contributed by atoms with Crippen LogP contribution < -0.4 is 49.1 Å². The number of hydrogen-bond donors (Lipinski definition) is 9. The molecule has 6 rings (SSSR count). The average molecular weight is 986 g/mol. The molecule has 3 atom stereocenters. The molecule has 15 heteroatoms. The summed E-state index contributed by atoms with van der Waals surface area (Å²) >= 11 is 0. The Morgan fingerprint density at radius 1 is 0.329 bits per heavy atom. The Morgan fingerprint density at radius 2 is 0.575 bits per heavy atom. The normalized spacial score (nSPS) is 12.2. The molecule has 0 saturated heterocycles. The Bertz CT molecular complexity index is 2390. The number of anilines is 3. The molecule has 0 heterocycles. The van der Waals surface area contributed by atoms with Crippen LogP contribution in [0.15, 0.2) is 164 Å². The molecule has 12 N–H and O–H groups in total. The number of amides is 6. The molecular formula is C58H67N9O6. The van der Waals surface area contributed by atoms with Crippen molar-refractivity contribution in [2.24, 2.45) is 17.2 Å². The largest absolute Gasteiger partial charge is 0.340 e. The molecule has 0 radical (unpaired) electrons. The quantitative estimate of drug-likeness (QED) is 0.0183. The summed E-state index contributed by atoms with van der Waals surface area (Å²) in [5.41, 5.74) is 22.8. The van der Waals surface area contributed by atoms with E-state index in [-0.39, 0.29) is 41.4 Å². The van der Waals surface area contributed by atoms with Gasteiger partial charge in [-0.15, -0.1) is 0 Å². The lowest BCUT2D eigenvalue weighted by atomic mass is 9.85. The van der Waals surface area contributed by atoms with Gasteiger partial charge in [0.1, 0.15) is 18.1 Å². The topological polar surface area (TPSA) is 253 Å². The van der Waals surface area contributed by atoms with Crippen molar-refractivity contribution in [2.45, 2.75) is 81.8 Å². The lowest BCUT2D eigenvalue weighted by Crippen LogP contribution is -2.43. The molecule has 6 aromatic carbocycles. The fourth-order valence-corrected chi connectivity index (χ4v) is 8.32. The van der Waals surface area contributed by atoms with Crippen molar-refractivity contribution in [3.05, 3.63) is 197 Å². The minimum absolute atomic E-state index is 0.350. The van der Waals surface area contributed by atoms with Crippen LogP contribution in [-0.2, 0) is 14.4 Å². The highest BCUT2D eigenvalue weighted by molar-refractivity contribution is 6.03. The van der Waals surface area contributed by atoms with Crippen LogP contribution in [0.2, 0.25) is 0 Å². The molecular weight excluding hydrogens is 919 g/mol. The highest BCUT2D eigenvalue weighted by Gasteiger charge is 2.25. The van der Waals surface area contributed by atoms with Crippen LogP contribution in [0.1, 0.15) is 111 Å². The van der Waals surface area contributed by atoms with E-state index in [1.807, 2.05) is 91.0 Å². The molecule has 0 aliphatic heterocycles. The average Bonchev–Trinajstić information content (AvgIpc) is 3.42. The second kappa shape index (κ2) is 28.8. The zero-order valence-electron chi connectivity index (χ0n) is 41.1. The van der Waals surface area contributed by atoms with E-state index < -0.39 is 18.1 Å². The van der Waals surface area contributed by atoms with Crippen LogP contribution in [-0.4, -0.2) is 73.2 Å². The predicted octanol–water partition coefficient (Wildman–Crippen LogP) is 7.47. The number of nitrogens with one attached hydrogen (secondary N) is 6. The van der Waals surface area contributed by atoms with Gasteiger partial charge in [0, 0.05) is 39.7 Å². The molecule has 0 aliphatic rings. The molecule has 0 aliphatic carbocycles. The van der Waals surface area contributed by atoms with Gasteiger partial charge in [-0.05, 0) is 167 Å². The lowest BCUT2D eigenvalue weighted by molar-refractivity contribution is -0.118. The predicted molar refractivity (Wildman–Crippen MR) is 288 cm³/mol. The van der Waals surface area contributed by atoms with Gasteiger partial charge in [0.25, 0.3) is 17.7 Å². The van der Waals surface area contributed by atoms with E-state index >= 15 is 0 Å². The maximum Gasteiger partial charge on any atom is 0.251 e. The summed E-state index contributed by atoms with van der Waals surface area (Å²) in [4.78, 5) is 80.6. The first kappa shape index (κ1) is 54.4. The maximum absolute atomic E-state index is 13.7. The minimum Gasteiger partial charge on any atom is -0.340 e. The minimum atomic E-state index is -0.799. The fraction of sp³-hybridized carbons (Fsp3) is 0.276. The summed E-state index contributed by atoms with van der Waals surface area (Å²) < 4.78 is 0.